The highest BCUT2D eigenvalue weighted by molar-refractivity contribution is 6.04. The van der Waals surface area contributed by atoms with Crippen LogP contribution in [0.15, 0.2) is 24.3 Å². The molecule has 1 heterocycles. The number of nitrogens with zero attached hydrogens (tertiary/aromatic N) is 1. The Balaban J connectivity index is 2.09. The molecule has 1 amide bonds. The maximum atomic E-state index is 12.0. The SMILES string of the molecule is CCOCC(C)NC(=O)c1n[nH]c2ccccc12. The number of hydrogen-bond acceptors (Lipinski definition) is 3. The zero-order chi connectivity index (χ0) is 13.0. The Morgan fingerprint density at radius 2 is 2.28 bits per heavy atom. The van der Waals surface area contributed by atoms with Gasteiger partial charge in [0.2, 0.25) is 0 Å². The molecular formula is C13H17N3O2. The number of aromatic nitrogens is 2. The van der Waals surface area contributed by atoms with E-state index in [1.807, 2.05) is 38.1 Å². The van der Waals surface area contributed by atoms with Gasteiger partial charge in [-0.2, -0.15) is 5.10 Å². The van der Waals surface area contributed by atoms with Crippen LogP contribution in [-0.2, 0) is 4.74 Å². The van der Waals surface area contributed by atoms with E-state index in [1.54, 1.807) is 0 Å². The first-order chi connectivity index (χ1) is 8.72. The second-order valence-electron chi connectivity index (χ2n) is 4.15. The number of nitrogens with one attached hydrogen (secondary N) is 2. The maximum absolute atomic E-state index is 12.0. The van der Waals surface area contributed by atoms with Gasteiger partial charge >= 0.3 is 0 Å². The largest absolute Gasteiger partial charge is 0.380 e. The minimum Gasteiger partial charge on any atom is -0.380 e. The van der Waals surface area contributed by atoms with Crippen LogP contribution in [0.2, 0.25) is 0 Å². The molecule has 0 spiro atoms. The molecule has 0 saturated heterocycles. The minimum atomic E-state index is -0.181. The number of aromatic amines is 1. The van der Waals surface area contributed by atoms with Gasteiger partial charge in [-0.25, -0.2) is 0 Å². The predicted octanol–water partition coefficient (Wildman–Crippen LogP) is 1.72. The van der Waals surface area contributed by atoms with E-state index in [9.17, 15) is 4.79 Å². The average Bonchev–Trinajstić information content (AvgIpc) is 2.80. The number of H-pyrrole nitrogens is 1. The van der Waals surface area contributed by atoms with Crippen molar-refractivity contribution in [2.24, 2.45) is 0 Å². The number of amides is 1. The third-order valence-electron chi connectivity index (χ3n) is 2.63. The van der Waals surface area contributed by atoms with E-state index in [0.717, 1.165) is 10.9 Å². The van der Waals surface area contributed by atoms with Crippen LogP contribution >= 0.6 is 0 Å². The molecule has 0 aliphatic heterocycles. The number of benzene rings is 1. The standard InChI is InChI=1S/C13H17N3O2/c1-3-18-8-9(2)14-13(17)12-10-6-4-5-7-11(10)15-16-12/h4-7,9H,3,8H2,1-2H3,(H,14,17)(H,15,16). The van der Waals surface area contributed by atoms with Crippen molar-refractivity contribution in [2.45, 2.75) is 19.9 Å². The normalized spacial score (nSPS) is 12.6. The van der Waals surface area contributed by atoms with Gasteiger partial charge in [-0.3, -0.25) is 9.89 Å². The highest BCUT2D eigenvalue weighted by atomic mass is 16.5. The van der Waals surface area contributed by atoms with Crippen LogP contribution < -0.4 is 5.32 Å². The summed E-state index contributed by atoms with van der Waals surface area (Å²) in [6.07, 6.45) is 0. The van der Waals surface area contributed by atoms with Gasteiger partial charge in [-0.05, 0) is 19.9 Å². The first kappa shape index (κ1) is 12.6. The van der Waals surface area contributed by atoms with E-state index in [-0.39, 0.29) is 11.9 Å². The highest BCUT2D eigenvalue weighted by Gasteiger charge is 2.15. The molecule has 5 heteroatoms. The molecule has 0 aliphatic carbocycles. The van der Waals surface area contributed by atoms with Crippen molar-refractivity contribution >= 4 is 16.8 Å². The minimum absolute atomic E-state index is 0.0343. The van der Waals surface area contributed by atoms with E-state index in [4.69, 9.17) is 4.74 Å². The third-order valence-corrected chi connectivity index (χ3v) is 2.63. The first-order valence-electron chi connectivity index (χ1n) is 6.04. The van der Waals surface area contributed by atoms with Crippen molar-refractivity contribution in [2.75, 3.05) is 13.2 Å². The van der Waals surface area contributed by atoms with E-state index in [0.29, 0.717) is 18.9 Å². The van der Waals surface area contributed by atoms with Gasteiger partial charge in [0.25, 0.3) is 5.91 Å². The van der Waals surface area contributed by atoms with Crippen molar-refractivity contribution in [3.8, 4) is 0 Å². The van der Waals surface area contributed by atoms with Gasteiger partial charge < -0.3 is 10.1 Å². The summed E-state index contributed by atoms with van der Waals surface area (Å²) < 4.78 is 5.26. The zero-order valence-corrected chi connectivity index (χ0v) is 10.6. The molecule has 0 bridgehead atoms. The molecule has 2 rings (SSSR count). The second kappa shape index (κ2) is 5.64. The number of carbonyl (C=O) groups excluding carboxylic acids is 1. The summed E-state index contributed by atoms with van der Waals surface area (Å²) in [7, 11) is 0. The number of rotatable bonds is 5. The van der Waals surface area contributed by atoms with E-state index >= 15 is 0 Å². The molecule has 1 aromatic heterocycles. The molecule has 2 N–H and O–H groups in total. The van der Waals surface area contributed by atoms with Crippen LogP contribution in [0.25, 0.3) is 10.9 Å². The molecule has 96 valence electrons. The fraction of sp³-hybridized carbons (Fsp3) is 0.385. The molecular weight excluding hydrogens is 230 g/mol. The van der Waals surface area contributed by atoms with Crippen molar-refractivity contribution in [3.63, 3.8) is 0 Å². The van der Waals surface area contributed by atoms with Crippen LogP contribution in [-0.4, -0.2) is 35.4 Å². The summed E-state index contributed by atoms with van der Waals surface area (Å²) in [6, 6.07) is 7.52. The smallest absolute Gasteiger partial charge is 0.272 e. The molecule has 5 nitrogen and oxygen atoms in total. The van der Waals surface area contributed by atoms with Crippen LogP contribution in [0.4, 0.5) is 0 Å². The third kappa shape index (κ3) is 2.68. The molecule has 0 aliphatic rings. The van der Waals surface area contributed by atoms with Crippen LogP contribution in [0.1, 0.15) is 24.3 Å². The summed E-state index contributed by atoms with van der Waals surface area (Å²) in [5.74, 6) is -0.181. The molecule has 0 saturated carbocycles. The Bertz CT molecular complexity index is 536. The zero-order valence-electron chi connectivity index (χ0n) is 10.6. The molecule has 1 atom stereocenters. The van der Waals surface area contributed by atoms with Gasteiger partial charge in [0.1, 0.15) is 0 Å². The lowest BCUT2D eigenvalue weighted by Gasteiger charge is -2.12. The number of para-hydroxylation sites is 1. The van der Waals surface area contributed by atoms with E-state index < -0.39 is 0 Å². The van der Waals surface area contributed by atoms with Gasteiger partial charge in [0, 0.05) is 18.0 Å². The monoisotopic (exact) mass is 247 g/mol. The maximum Gasteiger partial charge on any atom is 0.272 e. The molecule has 1 aromatic carbocycles. The fourth-order valence-corrected chi connectivity index (χ4v) is 1.76. The quantitative estimate of drug-likeness (QED) is 0.845. The average molecular weight is 247 g/mol. The van der Waals surface area contributed by atoms with Crippen LogP contribution in [0, 0.1) is 0 Å². The molecule has 1 unspecified atom stereocenters. The summed E-state index contributed by atoms with van der Waals surface area (Å²) in [6.45, 7) is 4.98. The number of carbonyl (C=O) groups is 1. The van der Waals surface area contributed by atoms with Crippen LogP contribution in [0.3, 0.4) is 0 Å². The highest BCUT2D eigenvalue weighted by Crippen LogP contribution is 2.14. The number of fused-ring (bicyclic) bond motifs is 1. The van der Waals surface area contributed by atoms with Gasteiger partial charge in [-0.1, -0.05) is 18.2 Å². The van der Waals surface area contributed by atoms with Gasteiger partial charge in [-0.15, -0.1) is 0 Å². The lowest BCUT2D eigenvalue weighted by molar-refractivity contribution is 0.0869. The summed E-state index contributed by atoms with van der Waals surface area (Å²) >= 11 is 0. The Labute approximate surface area is 106 Å². The summed E-state index contributed by atoms with van der Waals surface area (Å²) in [5.41, 5.74) is 1.29. The first-order valence-corrected chi connectivity index (χ1v) is 6.04. The molecule has 0 fully saturated rings. The van der Waals surface area contributed by atoms with Crippen molar-refractivity contribution in [3.05, 3.63) is 30.0 Å². The molecule has 0 radical (unpaired) electrons. The Morgan fingerprint density at radius 1 is 1.50 bits per heavy atom. The van der Waals surface area contributed by atoms with Crippen molar-refractivity contribution in [1.82, 2.24) is 15.5 Å². The van der Waals surface area contributed by atoms with Crippen molar-refractivity contribution in [1.29, 1.82) is 0 Å². The summed E-state index contributed by atoms with van der Waals surface area (Å²) in [5, 5.41) is 10.6. The Kier molecular flexibility index (Phi) is 3.94. The van der Waals surface area contributed by atoms with E-state index in [2.05, 4.69) is 15.5 Å². The Morgan fingerprint density at radius 3 is 3.06 bits per heavy atom. The van der Waals surface area contributed by atoms with Crippen LogP contribution in [0.5, 0.6) is 0 Å². The molecule has 18 heavy (non-hydrogen) atoms. The fourth-order valence-electron chi connectivity index (χ4n) is 1.76. The summed E-state index contributed by atoms with van der Waals surface area (Å²) in [4.78, 5) is 12.0. The Hall–Kier alpha value is -1.88. The van der Waals surface area contributed by atoms with E-state index in [1.165, 1.54) is 0 Å². The number of hydrogen-bond donors (Lipinski definition) is 2. The predicted molar refractivity (Wildman–Crippen MR) is 69.5 cm³/mol. The lowest BCUT2D eigenvalue weighted by atomic mass is 10.2. The topological polar surface area (TPSA) is 67.0 Å². The van der Waals surface area contributed by atoms with Gasteiger partial charge in [0.15, 0.2) is 5.69 Å². The van der Waals surface area contributed by atoms with Crippen molar-refractivity contribution < 1.29 is 9.53 Å². The second-order valence-corrected chi connectivity index (χ2v) is 4.15. The van der Waals surface area contributed by atoms with Gasteiger partial charge in [0.05, 0.1) is 12.1 Å². The number of ether oxygens (including phenoxy) is 1. The molecule has 2 aromatic rings. The lowest BCUT2D eigenvalue weighted by Crippen LogP contribution is -2.36.